The quantitative estimate of drug-likeness (QED) is 0.720. The van der Waals surface area contributed by atoms with Crippen molar-refractivity contribution < 1.29 is 4.52 Å². The molecule has 0 saturated carbocycles. The molecule has 0 aliphatic carbocycles. The molecule has 0 saturated heterocycles. The van der Waals surface area contributed by atoms with Gasteiger partial charge in [-0.2, -0.15) is 10.1 Å². The Kier molecular flexibility index (Phi) is 4.12. The highest BCUT2D eigenvalue weighted by Gasteiger charge is 2.17. The van der Waals surface area contributed by atoms with Crippen molar-refractivity contribution in [3.05, 3.63) is 40.9 Å². The molecular weight excluding hydrogens is 292 g/mol. The number of hydrogen-bond acceptors (Lipinski definition) is 6. The summed E-state index contributed by atoms with van der Waals surface area (Å²) in [6.45, 7) is 11.5. The molecule has 3 aromatic rings. The molecule has 0 aromatic carbocycles. The smallest absolute Gasteiger partial charge is 0.223 e. The Bertz CT molecular complexity index is 819. The minimum atomic E-state index is 0.342. The van der Waals surface area contributed by atoms with Crippen LogP contribution in [0.3, 0.4) is 0 Å². The van der Waals surface area contributed by atoms with Crippen LogP contribution >= 0.6 is 0 Å². The van der Waals surface area contributed by atoms with Crippen LogP contribution in [0.15, 0.2) is 16.8 Å². The highest BCUT2D eigenvalue weighted by molar-refractivity contribution is 5.47. The normalized spacial score (nSPS) is 12.0. The SMILES string of the molecule is Cc1cc(C)n2ncc(CN(Cc3noc(C)n3)C(C)C)c2n1. The zero-order valence-electron chi connectivity index (χ0n) is 14.2. The molecule has 0 aliphatic heterocycles. The second-order valence-electron chi connectivity index (χ2n) is 6.17. The molecule has 0 atom stereocenters. The topological polar surface area (TPSA) is 72.3 Å². The third kappa shape index (κ3) is 3.24. The van der Waals surface area contributed by atoms with E-state index >= 15 is 0 Å². The minimum absolute atomic E-state index is 0.342. The Balaban J connectivity index is 1.88. The molecule has 0 amide bonds. The second kappa shape index (κ2) is 6.08. The van der Waals surface area contributed by atoms with E-state index in [1.807, 2.05) is 30.6 Å². The first-order chi connectivity index (χ1) is 10.9. The standard InChI is InChI=1S/C16H22N6O/c1-10(2)21(9-15-19-13(5)23-20-15)8-14-7-17-22-12(4)6-11(3)18-16(14)22/h6-7,10H,8-9H2,1-5H3. The lowest BCUT2D eigenvalue weighted by molar-refractivity contribution is 0.196. The maximum Gasteiger partial charge on any atom is 0.223 e. The largest absolute Gasteiger partial charge is 0.340 e. The van der Waals surface area contributed by atoms with Gasteiger partial charge in [-0.1, -0.05) is 5.16 Å². The van der Waals surface area contributed by atoms with Gasteiger partial charge in [0.2, 0.25) is 5.89 Å². The molecule has 3 heterocycles. The van der Waals surface area contributed by atoms with Gasteiger partial charge in [-0.25, -0.2) is 9.50 Å². The number of rotatable bonds is 5. The summed E-state index contributed by atoms with van der Waals surface area (Å²) in [7, 11) is 0. The lowest BCUT2D eigenvalue weighted by Gasteiger charge is -2.24. The molecule has 3 aromatic heterocycles. The van der Waals surface area contributed by atoms with Crippen molar-refractivity contribution in [1.29, 1.82) is 0 Å². The van der Waals surface area contributed by atoms with E-state index in [4.69, 9.17) is 4.52 Å². The summed E-state index contributed by atoms with van der Waals surface area (Å²) in [4.78, 5) is 11.2. The highest BCUT2D eigenvalue weighted by Crippen LogP contribution is 2.17. The predicted octanol–water partition coefficient (Wildman–Crippen LogP) is 2.45. The van der Waals surface area contributed by atoms with Crippen LogP contribution in [-0.4, -0.2) is 35.7 Å². The maximum atomic E-state index is 5.07. The van der Waals surface area contributed by atoms with Crippen molar-refractivity contribution in [3.8, 4) is 0 Å². The number of aryl methyl sites for hydroxylation is 3. The zero-order valence-corrected chi connectivity index (χ0v) is 14.2. The van der Waals surface area contributed by atoms with Crippen molar-refractivity contribution in [2.24, 2.45) is 0 Å². The fourth-order valence-corrected chi connectivity index (χ4v) is 2.65. The Morgan fingerprint density at radius 2 is 1.96 bits per heavy atom. The third-order valence-corrected chi connectivity index (χ3v) is 3.87. The lowest BCUT2D eigenvalue weighted by atomic mass is 10.2. The Morgan fingerprint density at radius 3 is 2.61 bits per heavy atom. The Hall–Kier alpha value is -2.28. The summed E-state index contributed by atoms with van der Waals surface area (Å²) in [6.07, 6.45) is 1.89. The molecule has 0 N–H and O–H groups in total. The van der Waals surface area contributed by atoms with Gasteiger partial charge in [0.15, 0.2) is 11.5 Å². The summed E-state index contributed by atoms with van der Waals surface area (Å²) in [6, 6.07) is 2.38. The minimum Gasteiger partial charge on any atom is -0.340 e. The van der Waals surface area contributed by atoms with Gasteiger partial charge in [0.1, 0.15) is 0 Å². The van der Waals surface area contributed by atoms with Gasteiger partial charge in [0.25, 0.3) is 0 Å². The number of fused-ring (bicyclic) bond motifs is 1. The van der Waals surface area contributed by atoms with E-state index in [0.29, 0.717) is 24.3 Å². The van der Waals surface area contributed by atoms with Gasteiger partial charge in [-0.05, 0) is 33.8 Å². The summed E-state index contributed by atoms with van der Waals surface area (Å²) >= 11 is 0. The van der Waals surface area contributed by atoms with E-state index in [9.17, 15) is 0 Å². The first-order valence-electron chi connectivity index (χ1n) is 7.78. The Morgan fingerprint density at radius 1 is 1.17 bits per heavy atom. The van der Waals surface area contributed by atoms with E-state index in [1.165, 1.54) is 0 Å². The van der Waals surface area contributed by atoms with Crippen molar-refractivity contribution in [2.45, 2.75) is 53.8 Å². The summed E-state index contributed by atoms with van der Waals surface area (Å²) in [5.74, 6) is 1.29. The molecule has 3 rings (SSSR count). The number of aromatic nitrogens is 5. The number of hydrogen-bond donors (Lipinski definition) is 0. The van der Waals surface area contributed by atoms with Crippen molar-refractivity contribution in [1.82, 2.24) is 29.6 Å². The molecule has 7 nitrogen and oxygen atoms in total. The molecule has 0 aliphatic rings. The maximum absolute atomic E-state index is 5.07. The Labute approximate surface area is 135 Å². The van der Waals surface area contributed by atoms with Gasteiger partial charge in [-0.3, -0.25) is 4.90 Å². The van der Waals surface area contributed by atoms with E-state index in [0.717, 1.165) is 29.1 Å². The van der Waals surface area contributed by atoms with Crippen LogP contribution in [0.4, 0.5) is 0 Å². The fourth-order valence-electron chi connectivity index (χ4n) is 2.65. The van der Waals surface area contributed by atoms with Crippen LogP contribution in [0.1, 0.15) is 42.5 Å². The summed E-state index contributed by atoms with van der Waals surface area (Å²) in [5, 5.41) is 8.45. The monoisotopic (exact) mass is 314 g/mol. The van der Waals surface area contributed by atoms with Crippen LogP contribution in [0, 0.1) is 20.8 Å². The summed E-state index contributed by atoms with van der Waals surface area (Å²) < 4.78 is 6.95. The second-order valence-corrected chi connectivity index (χ2v) is 6.17. The fraction of sp³-hybridized carbons (Fsp3) is 0.500. The summed E-state index contributed by atoms with van der Waals surface area (Å²) in [5.41, 5.74) is 4.11. The van der Waals surface area contributed by atoms with Crippen LogP contribution < -0.4 is 0 Å². The van der Waals surface area contributed by atoms with Crippen molar-refractivity contribution in [2.75, 3.05) is 0 Å². The zero-order chi connectivity index (χ0) is 16.6. The average molecular weight is 314 g/mol. The van der Waals surface area contributed by atoms with E-state index in [2.05, 4.69) is 39.0 Å². The van der Waals surface area contributed by atoms with Crippen LogP contribution in [0.2, 0.25) is 0 Å². The molecule has 0 radical (unpaired) electrons. The average Bonchev–Trinajstić information content (AvgIpc) is 3.05. The molecule has 7 heteroatoms. The molecule has 0 spiro atoms. The highest BCUT2D eigenvalue weighted by atomic mass is 16.5. The van der Waals surface area contributed by atoms with Gasteiger partial charge in [0, 0.05) is 36.5 Å². The molecule has 0 unspecified atom stereocenters. The van der Waals surface area contributed by atoms with E-state index in [1.54, 1.807) is 6.92 Å². The van der Waals surface area contributed by atoms with E-state index in [-0.39, 0.29) is 0 Å². The van der Waals surface area contributed by atoms with Crippen LogP contribution in [-0.2, 0) is 13.1 Å². The van der Waals surface area contributed by atoms with Gasteiger partial charge in [-0.15, -0.1) is 0 Å². The van der Waals surface area contributed by atoms with Crippen molar-refractivity contribution >= 4 is 5.65 Å². The van der Waals surface area contributed by atoms with Gasteiger partial charge < -0.3 is 4.52 Å². The molecular formula is C16H22N6O. The molecule has 23 heavy (non-hydrogen) atoms. The van der Waals surface area contributed by atoms with Crippen LogP contribution in [0.5, 0.6) is 0 Å². The first-order valence-corrected chi connectivity index (χ1v) is 7.78. The van der Waals surface area contributed by atoms with Gasteiger partial charge in [0.05, 0.1) is 12.7 Å². The van der Waals surface area contributed by atoms with E-state index < -0.39 is 0 Å². The van der Waals surface area contributed by atoms with Crippen molar-refractivity contribution in [3.63, 3.8) is 0 Å². The third-order valence-electron chi connectivity index (χ3n) is 3.87. The predicted molar refractivity (Wildman–Crippen MR) is 85.9 cm³/mol. The molecule has 122 valence electrons. The first kappa shape index (κ1) is 15.6. The van der Waals surface area contributed by atoms with Crippen LogP contribution in [0.25, 0.3) is 5.65 Å². The molecule has 0 fully saturated rings. The lowest BCUT2D eigenvalue weighted by Crippen LogP contribution is -2.30. The number of nitrogens with zero attached hydrogens (tertiary/aromatic N) is 6. The van der Waals surface area contributed by atoms with Gasteiger partial charge >= 0.3 is 0 Å². The molecule has 0 bridgehead atoms.